The van der Waals surface area contributed by atoms with E-state index in [9.17, 15) is 18.0 Å². The van der Waals surface area contributed by atoms with Gasteiger partial charge in [0.25, 0.3) is 0 Å². The van der Waals surface area contributed by atoms with Crippen LogP contribution in [0.4, 0.5) is 13.2 Å². The lowest BCUT2D eigenvalue weighted by atomic mass is 10.2. The molecule has 1 aliphatic rings. The zero-order chi connectivity index (χ0) is 21.3. The van der Waals surface area contributed by atoms with Crippen molar-refractivity contribution in [3.8, 4) is 11.5 Å². The fourth-order valence-electron chi connectivity index (χ4n) is 2.87. The molecule has 1 atom stereocenters. The first-order chi connectivity index (χ1) is 14.3. The van der Waals surface area contributed by atoms with Crippen LogP contribution in [-0.4, -0.2) is 27.9 Å². The Kier molecular flexibility index (Phi) is 5.42. The van der Waals surface area contributed by atoms with Crippen LogP contribution in [0, 0.1) is 0 Å². The minimum Gasteiger partial charge on any atom is -0.454 e. The first kappa shape index (κ1) is 20.3. The molecule has 30 heavy (non-hydrogen) atoms. The summed E-state index contributed by atoms with van der Waals surface area (Å²) in [5, 5.41) is 2.69. The van der Waals surface area contributed by atoms with Crippen LogP contribution >= 0.6 is 11.8 Å². The fraction of sp³-hybridized carbons (Fsp3) is 0.250. The molecule has 0 saturated carbocycles. The zero-order valence-corrected chi connectivity index (χ0v) is 16.5. The summed E-state index contributed by atoms with van der Waals surface area (Å²) in [6.45, 7) is 2.02. The van der Waals surface area contributed by atoms with Gasteiger partial charge in [-0.3, -0.25) is 4.79 Å². The molecule has 2 aromatic carbocycles. The van der Waals surface area contributed by atoms with Gasteiger partial charge in [-0.2, -0.15) is 13.2 Å². The molecule has 0 bridgehead atoms. The molecule has 0 aliphatic carbocycles. The van der Waals surface area contributed by atoms with Crippen molar-refractivity contribution < 1.29 is 27.4 Å². The number of nitrogens with zero attached hydrogens (tertiary/aromatic N) is 2. The lowest BCUT2D eigenvalue weighted by molar-refractivity contribution is -0.145. The van der Waals surface area contributed by atoms with Gasteiger partial charge in [0, 0.05) is 11.9 Å². The van der Waals surface area contributed by atoms with E-state index in [2.05, 4.69) is 15.3 Å². The van der Waals surface area contributed by atoms with Gasteiger partial charge in [-0.05, 0) is 30.7 Å². The lowest BCUT2D eigenvalue weighted by Gasteiger charge is -2.14. The number of para-hydroxylation sites is 1. The van der Waals surface area contributed by atoms with E-state index in [0.29, 0.717) is 16.9 Å². The standard InChI is InChI=1S/C20H16F3N3O3S/c1-11(17(27)24-9-12-6-7-15-16(8-12)29-10-28-15)30-18-13-4-2-3-5-14(13)25-19(26-18)20(21,22)23/h2-8,11H,9-10H2,1H3,(H,24,27)/t11-/m0/s1. The molecule has 1 aromatic heterocycles. The van der Waals surface area contributed by atoms with Crippen molar-refractivity contribution in [3.63, 3.8) is 0 Å². The molecule has 6 nitrogen and oxygen atoms in total. The number of hydrogen-bond acceptors (Lipinski definition) is 6. The summed E-state index contributed by atoms with van der Waals surface area (Å²) in [4.78, 5) is 19.8. The van der Waals surface area contributed by atoms with Gasteiger partial charge in [-0.15, -0.1) is 0 Å². The molecular formula is C20H16F3N3O3S. The topological polar surface area (TPSA) is 73.3 Å². The second kappa shape index (κ2) is 8.02. The number of alkyl halides is 3. The summed E-state index contributed by atoms with van der Waals surface area (Å²) in [6, 6.07) is 11.7. The second-order valence-electron chi connectivity index (χ2n) is 6.53. The molecule has 0 spiro atoms. The van der Waals surface area contributed by atoms with Gasteiger partial charge in [0.05, 0.1) is 10.8 Å². The molecule has 4 rings (SSSR count). The lowest BCUT2D eigenvalue weighted by Crippen LogP contribution is -2.30. The Morgan fingerprint density at radius 3 is 2.73 bits per heavy atom. The van der Waals surface area contributed by atoms with Gasteiger partial charge in [0.15, 0.2) is 11.5 Å². The Hall–Kier alpha value is -3.01. The summed E-state index contributed by atoms with van der Waals surface area (Å²) < 4.78 is 50.0. The molecule has 1 aliphatic heterocycles. The number of hydrogen-bond donors (Lipinski definition) is 1. The number of thioether (sulfide) groups is 1. The summed E-state index contributed by atoms with van der Waals surface area (Å²) in [6.07, 6.45) is -4.68. The van der Waals surface area contributed by atoms with Crippen molar-refractivity contribution >= 4 is 28.6 Å². The van der Waals surface area contributed by atoms with Crippen LogP contribution in [0.1, 0.15) is 18.3 Å². The van der Waals surface area contributed by atoms with Crippen molar-refractivity contribution in [2.45, 2.75) is 29.9 Å². The molecule has 0 fully saturated rings. The van der Waals surface area contributed by atoms with Crippen LogP contribution in [0.5, 0.6) is 11.5 Å². The van der Waals surface area contributed by atoms with Gasteiger partial charge in [0.1, 0.15) is 5.03 Å². The minimum absolute atomic E-state index is 0.110. The maximum absolute atomic E-state index is 13.2. The third-order valence-electron chi connectivity index (χ3n) is 4.38. The van der Waals surface area contributed by atoms with Gasteiger partial charge in [-0.25, -0.2) is 9.97 Å². The maximum atomic E-state index is 13.2. The molecule has 1 amide bonds. The number of amides is 1. The Morgan fingerprint density at radius 2 is 1.93 bits per heavy atom. The van der Waals surface area contributed by atoms with Crippen LogP contribution < -0.4 is 14.8 Å². The third-order valence-corrected chi connectivity index (χ3v) is 5.49. The predicted molar refractivity (Wildman–Crippen MR) is 104 cm³/mol. The summed E-state index contributed by atoms with van der Waals surface area (Å²) in [7, 11) is 0. The van der Waals surface area contributed by atoms with Gasteiger partial charge >= 0.3 is 6.18 Å². The van der Waals surface area contributed by atoms with E-state index in [1.165, 1.54) is 6.07 Å². The molecule has 0 saturated heterocycles. The van der Waals surface area contributed by atoms with Crippen LogP contribution in [0.25, 0.3) is 10.9 Å². The zero-order valence-electron chi connectivity index (χ0n) is 15.7. The number of ether oxygens (including phenoxy) is 2. The normalized spacial score (nSPS) is 14.0. The predicted octanol–water partition coefficient (Wildman–Crippen LogP) is 4.17. The average molecular weight is 435 g/mol. The quantitative estimate of drug-likeness (QED) is 0.479. The number of halogens is 3. The van der Waals surface area contributed by atoms with Crippen molar-refractivity contribution in [2.24, 2.45) is 0 Å². The average Bonchev–Trinajstić information content (AvgIpc) is 3.19. The number of carbonyl (C=O) groups is 1. The minimum atomic E-state index is -4.68. The fourth-order valence-corrected chi connectivity index (χ4v) is 3.83. The van der Waals surface area contributed by atoms with Crippen molar-refractivity contribution in [2.75, 3.05) is 6.79 Å². The van der Waals surface area contributed by atoms with Crippen LogP contribution in [0.3, 0.4) is 0 Å². The summed E-state index contributed by atoms with van der Waals surface area (Å²) in [5.74, 6) is -0.299. The van der Waals surface area contributed by atoms with E-state index >= 15 is 0 Å². The Bertz CT molecular complexity index is 1110. The highest BCUT2D eigenvalue weighted by atomic mass is 32.2. The number of benzene rings is 2. The number of rotatable bonds is 5. The molecule has 0 unspecified atom stereocenters. The Labute approximate surface area is 173 Å². The summed E-state index contributed by atoms with van der Waals surface area (Å²) in [5.41, 5.74) is 0.993. The van der Waals surface area contributed by atoms with Gasteiger partial charge in [0.2, 0.25) is 18.5 Å². The number of carbonyl (C=O) groups excluding carboxylic acids is 1. The first-order valence-electron chi connectivity index (χ1n) is 8.98. The Morgan fingerprint density at radius 1 is 1.17 bits per heavy atom. The van der Waals surface area contributed by atoms with Crippen molar-refractivity contribution in [1.29, 1.82) is 0 Å². The molecule has 156 valence electrons. The second-order valence-corrected chi connectivity index (χ2v) is 7.86. The highest BCUT2D eigenvalue weighted by Crippen LogP contribution is 2.34. The smallest absolute Gasteiger partial charge is 0.451 e. The molecule has 3 aromatic rings. The van der Waals surface area contributed by atoms with Crippen LogP contribution in [0.2, 0.25) is 0 Å². The highest BCUT2D eigenvalue weighted by Gasteiger charge is 2.36. The highest BCUT2D eigenvalue weighted by molar-refractivity contribution is 8.00. The number of nitrogens with one attached hydrogen (secondary N) is 1. The van der Waals surface area contributed by atoms with E-state index in [4.69, 9.17) is 9.47 Å². The van der Waals surface area contributed by atoms with Gasteiger partial charge < -0.3 is 14.8 Å². The van der Waals surface area contributed by atoms with E-state index in [1.807, 2.05) is 0 Å². The van der Waals surface area contributed by atoms with Crippen LogP contribution in [-0.2, 0) is 17.5 Å². The van der Waals surface area contributed by atoms with Crippen LogP contribution in [0.15, 0.2) is 47.5 Å². The van der Waals surface area contributed by atoms with E-state index in [1.54, 1.807) is 43.3 Å². The van der Waals surface area contributed by atoms with E-state index in [-0.39, 0.29) is 29.8 Å². The molecular weight excluding hydrogens is 419 g/mol. The van der Waals surface area contributed by atoms with Crippen molar-refractivity contribution in [1.82, 2.24) is 15.3 Å². The Balaban J connectivity index is 1.48. The molecule has 1 N–H and O–H groups in total. The summed E-state index contributed by atoms with van der Waals surface area (Å²) >= 11 is 0.959. The van der Waals surface area contributed by atoms with E-state index in [0.717, 1.165) is 17.3 Å². The molecule has 0 radical (unpaired) electrons. The SMILES string of the molecule is C[C@H](Sc1nc(C(F)(F)F)nc2ccccc12)C(=O)NCc1ccc2c(c1)OCO2. The van der Waals surface area contributed by atoms with Crippen molar-refractivity contribution in [3.05, 3.63) is 53.9 Å². The third kappa shape index (κ3) is 4.28. The molecule has 10 heteroatoms. The maximum Gasteiger partial charge on any atom is 0.451 e. The first-order valence-corrected chi connectivity index (χ1v) is 9.86. The van der Waals surface area contributed by atoms with Gasteiger partial charge in [-0.1, -0.05) is 36.0 Å². The molecule has 2 heterocycles. The monoisotopic (exact) mass is 435 g/mol. The van der Waals surface area contributed by atoms with E-state index < -0.39 is 17.3 Å². The number of fused-ring (bicyclic) bond motifs is 2. The largest absolute Gasteiger partial charge is 0.454 e. The number of aromatic nitrogens is 2.